The highest BCUT2D eigenvalue weighted by Gasteiger charge is 2.41. The molecule has 34 heavy (non-hydrogen) atoms. The first-order chi connectivity index (χ1) is 14.9. The number of carbonyl (C=O) groups excluding carboxylic acids is 1. The highest BCUT2D eigenvalue weighted by atomic mass is 35.5. The molecule has 0 bridgehead atoms. The van der Waals surface area contributed by atoms with E-state index in [4.69, 9.17) is 11.6 Å². The molecule has 2 aliphatic heterocycles. The summed E-state index contributed by atoms with van der Waals surface area (Å²) in [6, 6.07) is 0.285. The van der Waals surface area contributed by atoms with Gasteiger partial charge in [-0.3, -0.25) is 4.79 Å². The quantitative estimate of drug-likeness (QED) is 0.465. The average molecular weight is 501 g/mol. The van der Waals surface area contributed by atoms with E-state index in [0.717, 1.165) is 58.0 Å². The summed E-state index contributed by atoms with van der Waals surface area (Å²) in [6.07, 6.45) is 14.8. The molecule has 4 atom stereocenters. The van der Waals surface area contributed by atoms with Crippen molar-refractivity contribution in [2.24, 2.45) is 17.3 Å². The molecule has 1 amide bonds. The number of amides is 1. The summed E-state index contributed by atoms with van der Waals surface area (Å²) in [5.74, 6) is 1.53. The second-order valence-corrected chi connectivity index (χ2v) is 11.3. The van der Waals surface area contributed by atoms with Crippen LogP contribution in [-0.2, 0) is 4.79 Å². The first kappa shape index (κ1) is 31.1. The highest BCUT2D eigenvalue weighted by molar-refractivity contribution is 6.22. The van der Waals surface area contributed by atoms with Gasteiger partial charge in [-0.1, -0.05) is 52.3 Å². The van der Waals surface area contributed by atoms with Gasteiger partial charge < -0.3 is 31.8 Å². The van der Waals surface area contributed by atoms with Crippen LogP contribution in [0.15, 0.2) is 23.8 Å². The van der Waals surface area contributed by atoms with Crippen LogP contribution in [0.3, 0.4) is 0 Å². The van der Waals surface area contributed by atoms with Crippen molar-refractivity contribution in [3.05, 3.63) is 23.8 Å². The van der Waals surface area contributed by atoms with Crippen LogP contribution in [0.1, 0.15) is 66.2 Å². The number of nitrogens with one attached hydrogen (secondary N) is 3. The molecule has 7 nitrogen and oxygen atoms in total. The minimum absolute atomic E-state index is 0. The van der Waals surface area contributed by atoms with Crippen molar-refractivity contribution in [3.8, 4) is 0 Å². The molecular formula is C26H49ClN4O3. The summed E-state index contributed by atoms with van der Waals surface area (Å²) in [6.45, 7) is 9.09. The Labute approximate surface area is 211 Å². The Balaban J connectivity index is 0.00000193. The highest BCUT2D eigenvalue weighted by Crippen LogP contribution is 2.41. The van der Waals surface area contributed by atoms with Crippen LogP contribution in [0, 0.1) is 17.3 Å². The first-order valence-corrected chi connectivity index (χ1v) is 12.8. The smallest absolute Gasteiger partial charge is 0.239 e. The van der Waals surface area contributed by atoms with Crippen LogP contribution in [0.5, 0.6) is 0 Å². The summed E-state index contributed by atoms with van der Waals surface area (Å²) in [7, 11) is 0. The van der Waals surface area contributed by atoms with Crippen molar-refractivity contribution in [1.82, 2.24) is 20.9 Å². The van der Waals surface area contributed by atoms with Gasteiger partial charge in [0.05, 0.1) is 11.4 Å². The molecule has 0 aromatic rings. The van der Waals surface area contributed by atoms with E-state index in [1.807, 2.05) is 0 Å². The van der Waals surface area contributed by atoms with Crippen molar-refractivity contribution in [2.45, 2.75) is 83.7 Å². The maximum absolute atomic E-state index is 13.7. The van der Waals surface area contributed by atoms with Gasteiger partial charge in [0.1, 0.15) is 0 Å². The number of allylic oxidation sites excluding steroid dienone is 4. The zero-order valence-electron chi connectivity index (χ0n) is 20.3. The number of rotatable bonds is 7. The molecule has 0 radical (unpaired) electrons. The van der Waals surface area contributed by atoms with Gasteiger partial charge in [-0.2, -0.15) is 0 Å². The predicted octanol–water partition coefficient (Wildman–Crippen LogP) is 2.40. The Morgan fingerprint density at radius 1 is 1.26 bits per heavy atom. The molecule has 4 aliphatic rings. The SMILES string of the molecule is C.CC1(C)CN(C(=O)[C@@H](CC2CNCN2)NCC2CCCC2)CCC1C1=CCC(Cl)C=C1.O.O. The number of hydrogen-bond donors (Lipinski definition) is 3. The zero-order chi connectivity index (χ0) is 21.8. The van der Waals surface area contributed by atoms with E-state index in [2.05, 4.69) is 52.9 Å². The Kier molecular flexibility index (Phi) is 12.7. The number of carbonyl (C=O) groups is 1. The van der Waals surface area contributed by atoms with Crippen LogP contribution in [0.2, 0.25) is 0 Å². The van der Waals surface area contributed by atoms with Gasteiger partial charge in [-0.15, -0.1) is 11.6 Å². The third-order valence-electron chi connectivity index (χ3n) is 7.87. The zero-order valence-corrected chi connectivity index (χ0v) is 21.1. The molecule has 1 saturated carbocycles. The fraction of sp³-hybridized carbons (Fsp3) is 0.808. The van der Waals surface area contributed by atoms with E-state index < -0.39 is 0 Å². The van der Waals surface area contributed by atoms with E-state index in [1.165, 1.54) is 31.3 Å². The van der Waals surface area contributed by atoms with E-state index >= 15 is 0 Å². The molecule has 3 unspecified atom stereocenters. The lowest BCUT2D eigenvalue weighted by Crippen LogP contribution is -2.55. The molecule has 3 fully saturated rings. The number of hydrogen-bond acceptors (Lipinski definition) is 4. The summed E-state index contributed by atoms with van der Waals surface area (Å²) < 4.78 is 0. The van der Waals surface area contributed by atoms with Gasteiger partial charge in [0, 0.05) is 32.3 Å². The number of alkyl halides is 1. The van der Waals surface area contributed by atoms with Gasteiger partial charge in [0.15, 0.2) is 0 Å². The number of halogens is 1. The van der Waals surface area contributed by atoms with Gasteiger partial charge in [0.2, 0.25) is 5.91 Å². The fourth-order valence-corrected chi connectivity index (χ4v) is 6.20. The first-order valence-electron chi connectivity index (χ1n) is 12.4. The normalized spacial score (nSPS) is 29.4. The maximum atomic E-state index is 13.7. The summed E-state index contributed by atoms with van der Waals surface area (Å²) >= 11 is 6.24. The van der Waals surface area contributed by atoms with E-state index in [0.29, 0.717) is 17.9 Å². The standard InChI is InChI=1S/C25H41ClN4O.CH4.2H2O/c1-25(2)16-30(12-11-22(25)19-7-9-20(26)10-8-19)24(31)23(13-21-15-27-17-29-21)28-14-18-5-3-4-6-18;;;/h7-9,18,20-23,27-29H,3-6,10-17H2,1-2H3;1H4;2*1H2/t20?,21?,22?,23-;;;/m1.../s1. The molecule has 8 heteroatoms. The fourth-order valence-electron chi connectivity index (χ4n) is 6.03. The Morgan fingerprint density at radius 3 is 2.59 bits per heavy atom. The number of likely N-dealkylation sites (tertiary alicyclic amines) is 1. The van der Waals surface area contributed by atoms with Gasteiger partial charge in [-0.05, 0) is 61.5 Å². The number of piperidine rings is 1. The topological polar surface area (TPSA) is 119 Å². The van der Waals surface area contributed by atoms with Crippen molar-refractivity contribution >= 4 is 17.5 Å². The van der Waals surface area contributed by atoms with Crippen LogP contribution >= 0.6 is 11.6 Å². The molecule has 2 heterocycles. The lowest BCUT2D eigenvalue weighted by molar-refractivity contribution is -0.138. The lowest BCUT2D eigenvalue weighted by atomic mass is 9.69. The van der Waals surface area contributed by atoms with Crippen LogP contribution < -0.4 is 16.0 Å². The molecule has 2 aliphatic carbocycles. The monoisotopic (exact) mass is 500 g/mol. The summed E-state index contributed by atoms with van der Waals surface area (Å²) in [5, 5.41) is 10.7. The van der Waals surface area contributed by atoms with Crippen molar-refractivity contribution < 1.29 is 15.7 Å². The molecule has 0 aromatic carbocycles. The summed E-state index contributed by atoms with van der Waals surface area (Å²) in [5.41, 5.74) is 1.47. The molecule has 0 spiro atoms. The lowest BCUT2D eigenvalue weighted by Gasteiger charge is -2.46. The Hall–Kier alpha value is -0.960. The number of nitrogens with zero attached hydrogens (tertiary/aromatic N) is 1. The molecule has 198 valence electrons. The van der Waals surface area contributed by atoms with Crippen molar-refractivity contribution in [3.63, 3.8) is 0 Å². The average Bonchev–Trinajstić information content (AvgIpc) is 3.45. The van der Waals surface area contributed by atoms with Crippen LogP contribution in [0.4, 0.5) is 0 Å². The van der Waals surface area contributed by atoms with Crippen LogP contribution in [0.25, 0.3) is 0 Å². The van der Waals surface area contributed by atoms with Crippen molar-refractivity contribution in [1.29, 1.82) is 0 Å². The molecule has 7 N–H and O–H groups in total. The van der Waals surface area contributed by atoms with Crippen molar-refractivity contribution in [2.75, 3.05) is 32.8 Å². The largest absolute Gasteiger partial charge is 0.412 e. The van der Waals surface area contributed by atoms with Gasteiger partial charge in [-0.25, -0.2) is 0 Å². The minimum atomic E-state index is -0.0869. The predicted molar refractivity (Wildman–Crippen MR) is 142 cm³/mol. The second kappa shape index (κ2) is 14.0. The molecule has 4 rings (SSSR count). The van der Waals surface area contributed by atoms with Gasteiger partial charge in [0.25, 0.3) is 0 Å². The van der Waals surface area contributed by atoms with E-state index in [1.54, 1.807) is 0 Å². The Bertz CT molecular complexity index is 688. The molecule has 0 aromatic heterocycles. The molecule has 2 saturated heterocycles. The second-order valence-electron chi connectivity index (χ2n) is 10.8. The van der Waals surface area contributed by atoms with Gasteiger partial charge >= 0.3 is 0 Å². The molecular weight excluding hydrogens is 452 g/mol. The maximum Gasteiger partial charge on any atom is 0.239 e. The third kappa shape index (κ3) is 7.77. The third-order valence-corrected chi connectivity index (χ3v) is 8.20. The minimum Gasteiger partial charge on any atom is -0.412 e. The summed E-state index contributed by atoms with van der Waals surface area (Å²) in [4.78, 5) is 15.8. The van der Waals surface area contributed by atoms with Crippen LogP contribution in [-0.4, -0.2) is 72.1 Å². The van der Waals surface area contributed by atoms with E-state index in [-0.39, 0.29) is 35.2 Å². The Morgan fingerprint density at radius 2 is 2.00 bits per heavy atom. The van der Waals surface area contributed by atoms with E-state index in [9.17, 15) is 4.79 Å².